The molecule has 0 fully saturated rings. The molecule has 1 unspecified atom stereocenters. The van der Waals surface area contributed by atoms with Crippen LogP contribution < -0.4 is 10.6 Å². The van der Waals surface area contributed by atoms with Gasteiger partial charge in [-0.2, -0.15) is 0 Å². The molecular formula is C15H19FN4. The van der Waals surface area contributed by atoms with E-state index in [1.165, 1.54) is 12.1 Å². The van der Waals surface area contributed by atoms with E-state index in [0.717, 1.165) is 23.7 Å². The number of nitrogens with zero attached hydrogens (tertiary/aromatic N) is 2. The fourth-order valence-electron chi connectivity index (χ4n) is 1.97. The molecule has 5 heteroatoms. The van der Waals surface area contributed by atoms with Crippen LogP contribution in [0.5, 0.6) is 0 Å². The smallest absolute Gasteiger partial charge is 0.132 e. The minimum atomic E-state index is -0.228. The van der Waals surface area contributed by atoms with Gasteiger partial charge in [0.05, 0.1) is 0 Å². The number of hydrogen-bond donors (Lipinski definition) is 2. The van der Waals surface area contributed by atoms with Gasteiger partial charge in [-0.25, -0.2) is 14.4 Å². The second-order valence-corrected chi connectivity index (χ2v) is 4.63. The molecule has 0 aliphatic heterocycles. The van der Waals surface area contributed by atoms with Crippen LogP contribution >= 0.6 is 0 Å². The van der Waals surface area contributed by atoms with Crippen molar-refractivity contribution in [3.05, 3.63) is 47.5 Å². The summed E-state index contributed by atoms with van der Waals surface area (Å²) in [4.78, 5) is 8.67. The standard InChI is InChI=1S/C15H19FN4/c1-4-17-14-9-15(20-11(3)19-14)18-10(2)12-5-7-13(16)8-6-12/h5-10H,4H2,1-3H3,(H2,17,18,19,20). The lowest BCUT2D eigenvalue weighted by Gasteiger charge is -2.16. The maximum Gasteiger partial charge on any atom is 0.132 e. The van der Waals surface area contributed by atoms with E-state index in [0.29, 0.717) is 5.82 Å². The fraction of sp³-hybridized carbons (Fsp3) is 0.333. The Morgan fingerprint density at radius 2 is 1.80 bits per heavy atom. The number of hydrogen-bond acceptors (Lipinski definition) is 4. The van der Waals surface area contributed by atoms with Crippen LogP contribution in [-0.2, 0) is 0 Å². The van der Waals surface area contributed by atoms with Gasteiger partial charge < -0.3 is 10.6 Å². The van der Waals surface area contributed by atoms with Crippen LogP contribution in [-0.4, -0.2) is 16.5 Å². The lowest BCUT2D eigenvalue weighted by atomic mass is 10.1. The summed E-state index contributed by atoms with van der Waals surface area (Å²) in [6, 6.07) is 8.38. The number of benzene rings is 1. The number of nitrogens with one attached hydrogen (secondary N) is 2. The molecule has 1 heterocycles. The minimum absolute atomic E-state index is 0.0411. The first kappa shape index (κ1) is 14.2. The number of aromatic nitrogens is 2. The van der Waals surface area contributed by atoms with Crippen LogP contribution in [0.2, 0.25) is 0 Å². The lowest BCUT2D eigenvalue weighted by molar-refractivity contribution is 0.626. The van der Waals surface area contributed by atoms with Crippen molar-refractivity contribution in [2.45, 2.75) is 26.8 Å². The van der Waals surface area contributed by atoms with Gasteiger partial charge in [0.1, 0.15) is 23.3 Å². The van der Waals surface area contributed by atoms with E-state index in [1.807, 2.05) is 26.8 Å². The predicted octanol–water partition coefficient (Wildman–Crippen LogP) is 3.53. The van der Waals surface area contributed by atoms with E-state index in [4.69, 9.17) is 0 Å². The Morgan fingerprint density at radius 1 is 1.15 bits per heavy atom. The summed E-state index contributed by atoms with van der Waals surface area (Å²) < 4.78 is 12.9. The summed E-state index contributed by atoms with van der Waals surface area (Å²) in [5.41, 5.74) is 1.01. The average molecular weight is 274 g/mol. The quantitative estimate of drug-likeness (QED) is 0.875. The fourth-order valence-corrected chi connectivity index (χ4v) is 1.97. The van der Waals surface area contributed by atoms with Crippen LogP contribution in [0.25, 0.3) is 0 Å². The lowest BCUT2D eigenvalue weighted by Crippen LogP contribution is -2.10. The first-order valence-corrected chi connectivity index (χ1v) is 6.70. The highest BCUT2D eigenvalue weighted by Gasteiger charge is 2.08. The summed E-state index contributed by atoms with van der Waals surface area (Å²) >= 11 is 0. The molecule has 2 N–H and O–H groups in total. The molecule has 0 aliphatic carbocycles. The highest BCUT2D eigenvalue weighted by molar-refractivity contribution is 5.48. The summed E-state index contributed by atoms with van der Waals surface area (Å²) in [6.45, 7) is 6.70. The van der Waals surface area contributed by atoms with Crippen LogP contribution in [0, 0.1) is 12.7 Å². The van der Waals surface area contributed by atoms with Gasteiger partial charge in [-0.1, -0.05) is 12.1 Å². The van der Waals surface area contributed by atoms with Crippen molar-refractivity contribution in [2.75, 3.05) is 17.2 Å². The summed E-state index contributed by atoms with van der Waals surface area (Å²) in [6.07, 6.45) is 0. The van der Waals surface area contributed by atoms with Crippen molar-refractivity contribution in [3.63, 3.8) is 0 Å². The van der Waals surface area contributed by atoms with Crippen LogP contribution in [0.15, 0.2) is 30.3 Å². The zero-order valence-electron chi connectivity index (χ0n) is 11.9. The molecule has 4 nitrogen and oxygen atoms in total. The molecular weight excluding hydrogens is 255 g/mol. The highest BCUT2D eigenvalue weighted by Crippen LogP contribution is 2.19. The van der Waals surface area contributed by atoms with Crippen LogP contribution in [0.1, 0.15) is 31.3 Å². The largest absolute Gasteiger partial charge is 0.370 e. The molecule has 0 radical (unpaired) electrons. The van der Waals surface area contributed by atoms with Crippen LogP contribution in [0.3, 0.4) is 0 Å². The summed E-state index contributed by atoms with van der Waals surface area (Å²) in [5, 5.41) is 6.47. The van der Waals surface area contributed by atoms with Gasteiger partial charge in [0, 0.05) is 18.7 Å². The second-order valence-electron chi connectivity index (χ2n) is 4.63. The molecule has 0 saturated carbocycles. The van der Waals surface area contributed by atoms with Crippen molar-refractivity contribution in [2.24, 2.45) is 0 Å². The van der Waals surface area contributed by atoms with E-state index >= 15 is 0 Å². The molecule has 1 aromatic carbocycles. The van der Waals surface area contributed by atoms with Crippen molar-refractivity contribution in [3.8, 4) is 0 Å². The maximum absolute atomic E-state index is 12.9. The van der Waals surface area contributed by atoms with Gasteiger partial charge in [-0.05, 0) is 38.5 Å². The SMILES string of the molecule is CCNc1cc(NC(C)c2ccc(F)cc2)nc(C)n1. The van der Waals surface area contributed by atoms with E-state index in [9.17, 15) is 4.39 Å². The van der Waals surface area contributed by atoms with E-state index in [2.05, 4.69) is 20.6 Å². The third-order valence-corrected chi connectivity index (χ3v) is 2.93. The van der Waals surface area contributed by atoms with E-state index < -0.39 is 0 Å². The van der Waals surface area contributed by atoms with Gasteiger partial charge in [0.15, 0.2) is 0 Å². The third-order valence-electron chi connectivity index (χ3n) is 2.93. The molecule has 106 valence electrons. The number of anilines is 2. The Balaban J connectivity index is 2.14. The van der Waals surface area contributed by atoms with E-state index in [1.54, 1.807) is 12.1 Å². The molecule has 1 atom stereocenters. The Bertz CT molecular complexity index is 569. The topological polar surface area (TPSA) is 49.8 Å². The van der Waals surface area contributed by atoms with Gasteiger partial charge in [-0.15, -0.1) is 0 Å². The molecule has 0 amide bonds. The highest BCUT2D eigenvalue weighted by atomic mass is 19.1. The molecule has 0 bridgehead atoms. The second kappa shape index (κ2) is 6.32. The Kier molecular flexibility index (Phi) is 4.50. The van der Waals surface area contributed by atoms with Crippen molar-refractivity contribution in [1.82, 2.24) is 9.97 Å². The molecule has 0 spiro atoms. The molecule has 2 aromatic rings. The summed E-state index contributed by atoms with van der Waals surface area (Å²) in [7, 11) is 0. The first-order valence-electron chi connectivity index (χ1n) is 6.70. The molecule has 2 rings (SSSR count). The maximum atomic E-state index is 12.9. The molecule has 1 aromatic heterocycles. The number of halogens is 1. The number of rotatable bonds is 5. The Morgan fingerprint density at radius 3 is 2.45 bits per heavy atom. The van der Waals surface area contributed by atoms with Crippen LogP contribution in [0.4, 0.5) is 16.0 Å². The van der Waals surface area contributed by atoms with Crippen molar-refractivity contribution < 1.29 is 4.39 Å². The zero-order valence-corrected chi connectivity index (χ0v) is 11.9. The normalized spacial score (nSPS) is 12.0. The number of aryl methyl sites for hydroxylation is 1. The van der Waals surface area contributed by atoms with Gasteiger partial charge in [0.2, 0.25) is 0 Å². The average Bonchev–Trinajstić information content (AvgIpc) is 2.39. The molecule has 20 heavy (non-hydrogen) atoms. The van der Waals surface area contributed by atoms with Gasteiger partial charge >= 0.3 is 0 Å². The van der Waals surface area contributed by atoms with Gasteiger partial charge in [0.25, 0.3) is 0 Å². The zero-order chi connectivity index (χ0) is 14.5. The molecule has 0 aliphatic rings. The first-order chi connectivity index (χ1) is 9.58. The Hall–Kier alpha value is -2.17. The van der Waals surface area contributed by atoms with E-state index in [-0.39, 0.29) is 11.9 Å². The summed E-state index contributed by atoms with van der Waals surface area (Å²) in [5.74, 6) is 2.03. The van der Waals surface area contributed by atoms with Crippen molar-refractivity contribution in [1.29, 1.82) is 0 Å². The minimum Gasteiger partial charge on any atom is -0.370 e. The van der Waals surface area contributed by atoms with Gasteiger partial charge in [-0.3, -0.25) is 0 Å². The predicted molar refractivity (Wildman–Crippen MR) is 79.4 cm³/mol. The van der Waals surface area contributed by atoms with Crippen molar-refractivity contribution >= 4 is 11.6 Å². The third kappa shape index (κ3) is 3.66. The molecule has 0 saturated heterocycles. The Labute approximate surface area is 118 Å². The monoisotopic (exact) mass is 274 g/mol.